The highest BCUT2D eigenvalue weighted by Gasteiger charge is 2.39. The molecule has 1 aliphatic rings. The van der Waals surface area contributed by atoms with E-state index in [0.29, 0.717) is 22.9 Å². The van der Waals surface area contributed by atoms with E-state index in [9.17, 15) is 14.4 Å². The highest BCUT2D eigenvalue weighted by Crippen LogP contribution is 2.38. The maximum Gasteiger partial charge on any atom is 0.265 e. The molecule has 152 valence electrons. The molecule has 2 N–H and O–H groups in total. The number of methoxy groups -OCH3 is 3. The Bertz CT molecular complexity index is 906. The van der Waals surface area contributed by atoms with Gasteiger partial charge in [0.2, 0.25) is 11.7 Å². The normalized spacial score (nSPS) is 16.0. The van der Waals surface area contributed by atoms with Crippen LogP contribution in [0.4, 0.5) is 5.69 Å². The van der Waals surface area contributed by atoms with Crippen LogP contribution in [0.3, 0.4) is 0 Å². The van der Waals surface area contributed by atoms with Crippen LogP contribution in [-0.2, 0) is 9.59 Å². The van der Waals surface area contributed by atoms with Gasteiger partial charge in [-0.2, -0.15) is 0 Å². The van der Waals surface area contributed by atoms with Gasteiger partial charge in [-0.1, -0.05) is 18.2 Å². The molecule has 3 amide bonds. The zero-order valence-corrected chi connectivity index (χ0v) is 16.2. The second-order valence-corrected chi connectivity index (χ2v) is 6.17. The molecule has 1 saturated heterocycles. The fraction of sp³-hybridized carbons (Fsp3) is 0.250. The number of anilines is 1. The lowest BCUT2D eigenvalue weighted by Crippen LogP contribution is -2.48. The third-order valence-electron chi connectivity index (χ3n) is 4.45. The van der Waals surface area contributed by atoms with Crippen LogP contribution >= 0.6 is 0 Å². The van der Waals surface area contributed by atoms with E-state index in [1.54, 1.807) is 30.3 Å². The van der Waals surface area contributed by atoms with Crippen molar-refractivity contribution in [1.29, 1.82) is 0 Å². The minimum Gasteiger partial charge on any atom is -0.493 e. The minimum absolute atomic E-state index is 0.0662. The van der Waals surface area contributed by atoms with Crippen molar-refractivity contribution < 1.29 is 28.6 Å². The molecule has 0 saturated carbocycles. The van der Waals surface area contributed by atoms with Crippen molar-refractivity contribution in [2.75, 3.05) is 26.2 Å². The Kier molecular flexibility index (Phi) is 5.99. The summed E-state index contributed by atoms with van der Waals surface area (Å²) in [5, 5.41) is 0. The van der Waals surface area contributed by atoms with E-state index in [1.165, 1.54) is 33.5 Å². The van der Waals surface area contributed by atoms with Crippen LogP contribution in [0.5, 0.6) is 17.2 Å². The molecule has 0 radical (unpaired) electrons. The van der Waals surface area contributed by atoms with Crippen molar-refractivity contribution in [3.63, 3.8) is 0 Å². The number of ether oxygens (including phenoxy) is 3. The summed E-state index contributed by atoms with van der Waals surface area (Å²) in [5.41, 5.74) is 5.82. The molecule has 1 fully saturated rings. The lowest BCUT2D eigenvalue weighted by Gasteiger charge is -2.16. The average molecular weight is 399 g/mol. The predicted octanol–water partition coefficient (Wildman–Crippen LogP) is 1.28. The highest BCUT2D eigenvalue weighted by atomic mass is 16.5. The van der Waals surface area contributed by atoms with Crippen LogP contribution in [0.1, 0.15) is 16.8 Å². The van der Waals surface area contributed by atoms with Crippen molar-refractivity contribution >= 4 is 23.4 Å². The summed E-state index contributed by atoms with van der Waals surface area (Å²) >= 11 is 0. The van der Waals surface area contributed by atoms with Crippen molar-refractivity contribution in [2.45, 2.75) is 12.5 Å². The molecule has 3 rings (SSSR count). The lowest BCUT2D eigenvalue weighted by atomic mass is 10.1. The molecule has 0 aromatic heterocycles. The summed E-state index contributed by atoms with van der Waals surface area (Å²) in [6, 6.07) is 10.7. The Balaban J connectivity index is 1.71. The van der Waals surface area contributed by atoms with E-state index in [-0.39, 0.29) is 17.9 Å². The summed E-state index contributed by atoms with van der Waals surface area (Å²) < 4.78 is 15.7. The largest absolute Gasteiger partial charge is 0.493 e. The van der Waals surface area contributed by atoms with E-state index >= 15 is 0 Å². The van der Waals surface area contributed by atoms with Gasteiger partial charge in [0.15, 0.2) is 11.5 Å². The van der Waals surface area contributed by atoms with Gasteiger partial charge < -0.3 is 14.2 Å². The summed E-state index contributed by atoms with van der Waals surface area (Å²) in [7, 11) is 4.35. The number of rotatable bonds is 7. The summed E-state index contributed by atoms with van der Waals surface area (Å²) in [5.74, 6) is -0.317. The molecule has 29 heavy (non-hydrogen) atoms. The number of imide groups is 1. The number of nitrogens with one attached hydrogen (secondary N) is 2. The monoisotopic (exact) mass is 399 g/mol. The molecule has 0 bridgehead atoms. The molecular formula is C20H21N3O6. The minimum atomic E-state index is -0.867. The van der Waals surface area contributed by atoms with Crippen molar-refractivity contribution in [1.82, 2.24) is 10.9 Å². The van der Waals surface area contributed by atoms with Crippen LogP contribution in [-0.4, -0.2) is 45.1 Å². The molecule has 0 unspecified atom stereocenters. The summed E-state index contributed by atoms with van der Waals surface area (Å²) in [6.07, 6.45) is -0.0662. The molecule has 1 heterocycles. The topological polar surface area (TPSA) is 106 Å². The molecule has 9 heteroatoms. The summed E-state index contributed by atoms with van der Waals surface area (Å²) in [4.78, 5) is 38.5. The number of carbonyl (C=O) groups is 3. The van der Waals surface area contributed by atoms with E-state index in [4.69, 9.17) is 14.2 Å². The number of hydrazine groups is 1. The Morgan fingerprint density at radius 3 is 2.17 bits per heavy atom. The van der Waals surface area contributed by atoms with Gasteiger partial charge in [-0.15, -0.1) is 0 Å². The third kappa shape index (κ3) is 3.99. The first-order valence-corrected chi connectivity index (χ1v) is 8.77. The molecular weight excluding hydrogens is 378 g/mol. The number of carbonyl (C=O) groups excluding carboxylic acids is 3. The maximum absolute atomic E-state index is 12.6. The fourth-order valence-corrected chi connectivity index (χ4v) is 3.03. The van der Waals surface area contributed by atoms with Crippen LogP contribution < -0.4 is 30.0 Å². The zero-order chi connectivity index (χ0) is 21.0. The second-order valence-electron chi connectivity index (χ2n) is 6.17. The number of benzene rings is 2. The first-order chi connectivity index (χ1) is 14.0. The van der Waals surface area contributed by atoms with Gasteiger partial charge in [0.1, 0.15) is 6.04 Å². The molecule has 0 spiro atoms. The highest BCUT2D eigenvalue weighted by molar-refractivity contribution is 6.22. The van der Waals surface area contributed by atoms with E-state index < -0.39 is 17.9 Å². The number of nitrogens with zero attached hydrogens (tertiary/aromatic N) is 1. The molecule has 1 atom stereocenters. The molecule has 9 nitrogen and oxygen atoms in total. The summed E-state index contributed by atoms with van der Waals surface area (Å²) in [6.45, 7) is 0. The van der Waals surface area contributed by atoms with Crippen LogP contribution in [0.2, 0.25) is 0 Å². The van der Waals surface area contributed by atoms with Crippen LogP contribution in [0.15, 0.2) is 42.5 Å². The van der Waals surface area contributed by atoms with E-state index in [2.05, 4.69) is 10.9 Å². The first-order valence-electron chi connectivity index (χ1n) is 8.77. The molecule has 0 aliphatic carbocycles. The van der Waals surface area contributed by atoms with Gasteiger partial charge in [-0.05, 0) is 24.3 Å². The average Bonchev–Trinajstić information content (AvgIpc) is 3.04. The predicted molar refractivity (Wildman–Crippen MR) is 104 cm³/mol. The van der Waals surface area contributed by atoms with Gasteiger partial charge in [0, 0.05) is 5.56 Å². The van der Waals surface area contributed by atoms with Gasteiger partial charge >= 0.3 is 0 Å². The van der Waals surface area contributed by atoms with Crippen molar-refractivity contribution in [2.24, 2.45) is 0 Å². The fourth-order valence-electron chi connectivity index (χ4n) is 3.03. The van der Waals surface area contributed by atoms with Crippen LogP contribution in [0.25, 0.3) is 0 Å². The molecule has 2 aromatic carbocycles. The standard InChI is InChI=1S/C20H21N3O6/c1-27-15-9-12(10-16(28-2)18(15)29-3)19(25)22-21-14-11-17(24)23(20(14)26)13-7-5-4-6-8-13/h4-10,14,21H,11H2,1-3H3,(H,22,25)/t14-/m1/s1. The lowest BCUT2D eigenvalue weighted by molar-refractivity contribution is -0.121. The van der Waals surface area contributed by atoms with E-state index in [1.807, 2.05) is 0 Å². The number of hydrogen-bond acceptors (Lipinski definition) is 7. The van der Waals surface area contributed by atoms with E-state index in [0.717, 1.165) is 4.90 Å². The maximum atomic E-state index is 12.6. The SMILES string of the molecule is COc1cc(C(=O)NN[C@@H]2CC(=O)N(c3ccccc3)C2=O)cc(OC)c1OC. The molecule has 1 aliphatic heterocycles. The quantitative estimate of drug-likeness (QED) is 0.534. The second kappa shape index (κ2) is 8.61. The number of hydrogen-bond donors (Lipinski definition) is 2. The van der Waals surface area contributed by atoms with Gasteiger partial charge in [0.05, 0.1) is 33.4 Å². The Morgan fingerprint density at radius 1 is 1.00 bits per heavy atom. The Morgan fingerprint density at radius 2 is 1.62 bits per heavy atom. The number of para-hydroxylation sites is 1. The van der Waals surface area contributed by atoms with Gasteiger partial charge in [-0.25, -0.2) is 10.3 Å². The smallest absolute Gasteiger partial charge is 0.265 e. The zero-order valence-electron chi connectivity index (χ0n) is 16.2. The third-order valence-corrected chi connectivity index (χ3v) is 4.45. The Labute approximate surface area is 167 Å². The first kappa shape index (κ1) is 20.2. The number of amides is 3. The molecule has 2 aromatic rings. The van der Waals surface area contributed by atoms with Gasteiger partial charge in [-0.3, -0.25) is 19.8 Å². The van der Waals surface area contributed by atoms with Crippen molar-refractivity contribution in [3.05, 3.63) is 48.0 Å². The van der Waals surface area contributed by atoms with Crippen LogP contribution in [0, 0.1) is 0 Å². The Hall–Kier alpha value is -3.59. The van der Waals surface area contributed by atoms with Crippen molar-refractivity contribution in [3.8, 4) is 17.2 Å². The van der Waals surface area contributed by atoms with Gasteiger partial charge in [0.25, 0.3) is 11.8 Å².